The van der Waals surface area contributed by atoms with E-state index >= 15 is 0 Å². The van der Waals surface area contributed by atoms with Crippen LogP contribution in [-0.4, -0.2) is 25.5 Å². The van der Waals surface area contributed by atoms with Crippen LogP contribution in [0.2, 0.25) is 0 Å². The van der Waals surface area contributed by atoms with Gasteiger partial charge in [0.1, 0.15) is 19.8 Å². The highest BCUT2D eigenvalue weighted by Crippen LogP contribution is 2.38. The van der Waals surface area contributed by atoms with E-state index in [1.165, 1.54) is 0 Å². The first-order chi connectivity index (χ1) is 7.84. The molecule has 0 aromatic heterocycles. The Balaban J connectivity index is 2.11. The third-order valence-electron chi connectivity index (χ3n) is 2.52. The number of oxime groups is 1. The largest absolute Gasteiger partial charge is 0.486 e. The zero-order valence-electron chi connectivity index (χ0n) is 8.53. The molecule has 0 unspecified atom stereocenters. The van der Waals surface area contributed by atoms with E-state index in [4.69, 9.17) is 14.3 Å². The highest BCUT2D eigenvalue weighted by atomic mass is 79.9. The van der Waals surface area contributed by atoms with Gasteiger partial charge in [-0.3, -0.25) is 0 Å². The van der Waals surface area contributed by atoms with E-state index in [2.05, 4.69) is 21.1 Å². The molecule has 4 nitrogen and oxygen atoms in total. The molecule has 0 aliphatic carbocycles. The average molecular weight is 284 g/mol. The van der Waals surface area contributed by atoms with E-state index in [1.54, 1.807) is 0 Å². The molecule has 5 heteroatoms. The first kappa shape index (κ1) is 9.96. The van der Waals surface area contributed by atoms with Gasteiger partial charge in [0.05, 0.1) is 5.71 Å². The molecule has 0 radical (unpaired) electrons. The summed E-state index contributed by atoms with van der Waals surface area (Å²) in [4.78, 5) is 5.02. The van der Waals surface area contributed by atoms with E-state index in [1.807, 2.05) is 12.1 Å². The Labute approximate surface area is 101 Å². The van der Waals surface area contributed by atoms with Gasteiger partial charge in [-0.2, -0.15) is 0 Å². The molecule has 3 rings (SSSR count). The van der Waals surface area contributed by atoms with Crippen LogP contribution in [0.4, 0.5) is 0 Å². The monoisotopic (exact) mass is 283 g/mol. The number of benzene rings is 1. The molecule has 0 N–H and O–H groups in total. The Morgan fingerprint density at radius 3 is 2.81 bits per heavy atom. The normalized spacial score (nSPS) is 17.9. The number of fused-ring (bicyclic) bond motifs is 1. The summed E-state index contributed by atoms with van der Waals surface area (Å²) in [6.07, 6.45) is 0.812. The van der Waals surface area contributed by atoms with Gasteiger partial charge < -0.3 is 14.3 Å². The van der Waals surface area contributed by atoms with Gasteiger partial charge in [0.2, 0.25) is 0 Å². The van der Waals surface area contributed by atoms with Crippen molar-refractivity contribution in [1.29, 1.82) is 0 Å². The van der Waals surface area contributed by atoms with E-state index in [9.17, 15) is 0 Å². The number of hydrogen-bond acceptors (Lipinski definition) is 4. The third kappa shape index (κ3) is 1.65. The smallest absolute Gasteiger partial charge is 0.170 e. The summed E-state index contributed by atoms with van der Waals surface area (Å²) in [6.45, 7) is 1.80. The average Bonchev–Trinajstić information content (AvgIpc) is 2.81. The highest BCUT2D eigenvalue weighted by molar-refractivity contribution is 9.10. The van der Waals surface area contributed by atoms with Gasteiger partial charge in [-0.25, -0.2) is 0 Å². The SMILES string of the molecule is Brc1cc2c(c(C3=NOCC3)c1)OCCO2. The van der Waals surface area contributed by atoms with Gasteiger partial charge in [-0.15, -0.1) is 0 Å². The second kappa shape index (κ2) is 3.97. The molecule has 84 valence electrons. The predicted octanol–water partition coefficient (Wildman–Crippen LogP) is 2.34. The summed E-state index contributed by atoms with van der Waals surface area (Å²) in [5.74, 6) is 1.55. The van der Waals surface area contributed by atoms with Gasteiger partial charge >= 0.3 is 0 Å². The Morgan fingerprint density at radius 1 is 1.12 bits per heavy atom. The van der Waals surface area contributed by atoms with Gasteiger partial charge in [0.25, 0.3) is 0 Å². The lowest BCUT2D eigenvalue weighted by molar-refractivity contribution is 0.170. The second-order valence-electron chi connectivity index (χ2n) is 3.60. The Kier molecular flexibility index (Phi) is 2.47. The van der Waals surface area contributed by atoms with Crippen molar-refractivity contribution in [3.05, 3.63) is 22.2 Å². The second-order valence-corrected chi connectivity index (χ2v) is 4.51. The molecule has 1 aromatic rings. The van der Waals surface area contributed by atoms with Crippen molar-refractivity contribution in [3.63, 3.8) is 0 Å². The maximum atomic E-state index is 5.64. The van der Waals surface area contributed by atoms with Crippen molar-refractivity contribution in [2.45, 2.75) is 6.42 Å². The zero-order chi connectivity index (χ0) is 11.0. The number of rotatable bonds is 1. The summed E-state index contributed by atoms with van der Waals surface area (Å²) < 4.78 is 12.2. The summed E-state index contributed by atoms with van der Waals surface area (Å²) in [6, 6.07) is 3.90. The molecule has 0 amide bonds. The summed E-state index contributed by atoms with van der Waals surface area (Å²) in [5, 5.41) is 4.02. The zero-order valence-corrected chi connectivity index (χ0v) is 10.1. The van der Waals surface area contributed by atoms with Crippen LogP contribution in [0.25, 0.3) is 0 Å². The molecular formula is C11H10BrNO3. The minimum atomic E-state index is 0.579. The molecule has 2 aliphatic rings. The Morgan fingerprint density at radius 2 is 2.00 bits per heavy atom. The van der Waals surface area contributed by atoms with Gasteiger partial charge in [0.15, 0.2) is 11.5 Å². The van der Waals surface area contributed by atoms with Gasteiger partial charge in [0, 0.05) is 16.5 Å². The Bertz CT molecular complexity index is 459. The molecular weight excluding hydrogens is 274 g/mol. The molecule has 0 saturated heterocycles. The van der Waals surface area contributed by atoms with Crippen molar-refractivity contribution < 1.29 is 14.3 Å². The molecule has 0 saturated carbocycles. The van der Waals surface area contributed by atoms with E-state index < -0.39 is 0 Å². The maximum absolute atomic E-state index is 5.64. The van der Waals surface area contributed by atoms with Crippen LogP contribution in [0.15, 0.2) is 21.8 Å². The van der Waals surface area contributed by atoms with Crippen molar-refractivity contribution in [2.75, 3.05) is 19.8 Å². The molecule has 0 spiro atoms. The molecule has 0 fully saturated rings. The molecule has 16 heavy (non-hydrogen) atoms. The van der Waals surface area contributed by atoms with Crippen molar-refractivity contribution in [1.82, 2.24) is 0 Å². The summed E-state index contributed by atoms with van der Waals surface area (Å²) >= 11 is 3.46. The van der Waals surface area contributed by atoms with Crippen LogP contribution in [0, 0.1) is 0 Å². The quantitative estimate of drug-likeness (QED) is 0.794. The van der Waals surface area contributed by atoms with Crippen LogP contribution in [0.1, 0.15) is 12.0 Å². The minimum Gasteiger partial charge on any atom is -0.486 e. The Hall–Kier alpha value is -1.23. The van der Waals surface area contributed by atoms with Gasteiger partial charge in [-0.1, -0.05) is 21.1 Å². The van der Waals surface area contributed by atoms with Crippen LogP contribution in [0.3, 0.4) is 0 Å². The topological polar surface area (TPSA) is 40.0 Å². The molecule has 0 atom stereocenters. The number of ether oxygens (including phenoxy) is 2. The number of halogens is 1. The lowest BCUT2D eigenvalue weighted by Crippen LogP contribution is -2.17. The fraction of sp³-hybridized carbons (Fsp3) is 0.364. The van der Waals surface area contributed by atoms with E-state index in [0.29, 0.717) is 19.8 Å². The van der Waals surface area contributed by atoms with E-state index in [-0.39, 0.29) is 0 Å². The van der Waals surface area contributed by atoms with Crippen LogP contribution in [-0.2, 0) is 4.84 Å². The lowest BCUT2D eigenvalue weighted by atomic mass is 10.1. The van der Waals surface area contributed by atoms with Crippen molar-refractivity contribution >= 4 is 21.6 Å². The number of nitrogens with zero attached hydrogens (tertiary/aromatic N) is 1. The lowest BCUT2D eigenvalue weighted by Gasteiger charge is -2.21. The molecule has 0 bridgehead atoms. The standard InChI is InChI=1S/C11H10BrNO3/c12-7-5-8(9-1-2-16-13-9)11-10(6-7)14-3-4-15-11/h5-6H,1-4H2. The third-order valence-corrected chi connectivity index (χ3v) is 2.98. The first-order valence-electron chi connectivity index (χ1n) is 5.13. The number of hydrogen-bond donors (Lipinski definition) is 0. The molecule has 2 heterocycles. The molecule has 2 aliphatic heterocycles. The van der Waals surface area contributed by atoms with Crippen LogP contribution in [0.5, 0.6) is 11.5 Å². The first-order valence-corrected chi connectivity index (χ1v) is 5.92. The fourth-order valence-corrected chi connectivity index (χ4v) is 2.27. The van der Waals surface area contributed by atoms with Crippen LogP contribution < -0.4 is 9.47 Å². The van der Waals surface area contributed by atoms with Crippen molar-refractivity contribution in [2.24, 2.45) is 5.16 Å². The maximum Gasteiger partial charge on any atom is 0.170 e. The fourth-order valence-electron chi connectivity index (χ4n) is 1.83. The highest BCUT2D eigenvalue weighted by Gasteiger charge is 2.22. The summed E-state index contributed by atoms with van der Waals surface area (Å²) in [7, 11) is 0. The van der Waals surface area contributed by atoms with Crippen LogP contribution >= 0.6 is 15.9 Å². The molecule has 1 aromatic carbocycles. The van der Waals surface area contributed by atoms with Gasteiger partial charge in [-0.05, 0) is 12.1 Å². The van der Waals surface area contributed by atoms with Crippen molar-refractivity contribution in [3.8, 4) is 11.5 Å². The van der Waals surface area contributed by atoms with E-state index in [0.717, 1.165) is 33.7 Å². The minimum absolute atomic E-state index is 0.579. The summed E-state index contributed by atoms with van der Waals surface area (Å²) in [5.41, 5.74) is 1.88. The predicted molar refractivity (Wildman–Crippen MR) is 62.2 cm³/mol.